The van der Waals surface area contributed by atoms with Gasteiger partial charge in [-0.05, 0) is 43.5 Å². The molecule has 1 saturated heterocycles. The number of likely N-dealkylation sites (tertiary alicyclic amines) is 1. The third-order valence-electron chi connectivity index (χ3n) is 3.79. The molecule has 1 atom stereocenters. The van der Waals surface area contributed by atoms with Gasteiger partial charge < -0.3 is 5.11 Å². The molecule has 0 bridgehead atoms. The highest BCUT2D eigenvalue weighted by Gasteiger charge is 2.21. The van der Waals surface area contributed by atoms with E-state index in [1.807, 2.05) is 6.08 Å². The third-order valence-corrected chi connectivity index (χ3v) is 3.79. The van der Waals surface area contributed by atoms with Crippen LogP contribution in [-0.4, -0.2) is 29.7 Å². The Balaban J connectivity index is 2.13. The quantitative estimate of drug-likeness (QED) is 0.861. The first-order valence-corrected chi connectivity index (χ1v) is 6.92. The molecule has 1 N–H and O–H groups in total. The van der Waals surface area contributed by atoms with E-state index >= 15 is 0 Å². The molecular formula is C16H23NO. The van der Waals surface area contributed by atoms with Crippen molar-refractivity contribution in [1.82, 2.24) is 4.90 Å². The van der Waals surface area contributed by atoms with Gasteiger partial charge in [-0.2, -0.15) is 0 Å². The lowest BCUT2D eigenvalue weighted by molar-refractivity contribution is 0.133. The molecule has 0 radical (unpaired) electrons. The van der Waals surface area contributed by atoms with E-state index in [4.69, 9.17) is 0 Å². The van der Waals surface area contributed by atoms with E-state index < -0.39 is 0 Å². The normalized spacial score (nSPS) is 18.5. The predicted molar refractivity (Wildman–Crippen MR) is 76.4 cm³/mol. The van der Waals surface area contributed by atoms with Gasteiger partial charge in [0.25, 0.3) is 0 Å². The van der Waals surface area contributed by atoms with E-state index in [9.17, 15) is 5.11 Å². The maximum absolute atomic E-state index is 9.29. The van der Waals surface area contributed by atoms with Crippen LogP contribution >= 0.6 is 0 Å². The summed E-state index contributed by atoms with van der Waals surface area (Å²) in [6, 6.07) is 8.93. The topological polar surface area (TPSA) is 23.5 Å². The fourth-order valence-electron chi connectivity index (χ4n) is 2.77. The largest absolute Gasteiger partial charge is 0.396 e. The van der Waals surface area contributed by atoms with Gasteiger partial charge in [-0.15, -0.1) is 0 Å². The standard InChI is InChI=1S/C16H23NO/c1-2-14-6-8-15(9-7-14)16(10-13-18)17-11-4-3-5-12-17/h2,6-9,16,18H,1,3-5,10-13H2. The van der Waals surface area contributed by atoms with Crippen LogP contribution in [0.15, 0.2) is 30.8 Å². The van der Waals surface area contributed by atoms with E-state index in [1.165, 1.54) is 24.8 Å². The molecule has 1 aromatic rings. The molecule has 1 fully saturated rings. The summed E-state index contributed by atoms with van der Waals surface area (Å²) >= 11 is 0. The van der Waals surface area contributed by atoms with E-state index in [1.54, 1.807) is 0 Å². The Morgan fingerprint density at radius 2 is 1.83 bits per heavy atom. The molecule has 2 heteroatoms. The summed E-state index contributed by atoms with van der Waals surface area (Å²) in [5, 5.41) is 9.29. The lowest BCUT2D eigenvalue weighted by atomic mass is 9.98. The van der Waals surface area contributed by atoms with Crippen molar-refractivity contribution >= 4 is 6.08 Å². The summed E-state index contributed by atoms with van der Waals surface area (Å²) in [7, 11) is 0. The zero-order valence-electron chi connectivity index (χ0n) is 11.0. The number of hydrogen-bond acceptors (Lipinski definition) is 2. The van der Waals surface area contributed by atoms with Crippen LogP contribution in [0.4, 0.5) is 0 Å². The first kappa shape index (κ1) is 13.3. The van der Waals surface area contributed by atoms with E-state index in [0.717, 1.165) is 25.1 Å². The van der Waals surface area contributed by atoms with Gasteiger partial charge in [0.2, 0.25) is 0 Å². The second-order valence-corrected chi connectivity index (χ2v) is 5.00. The molecule has 1 unspecified atom stereocenters. The molecule has 1 heterocycles. The Bertz CT molecular complexity index is 365. The maximum atomic E-state index is 9.29. The van der Waals surface area contributed by atoms with E-state index in [2.05, 4.69) is 35.7 Å². The highest BCUT2D eigenvalue weighted by Crippen LogP contribution is 2.27. The molecule has 98 valence electrons. The number of aliphatic hydroxyl groups excluding tert-OH is 1. The second kappa shape index (κ2) is 6.72. The van der Waals surface area contributed by atoms with Gasteiger partial charge in [-0.1, -0.05) is 43.3 Å². The molecule has 0 spiro atoms. The van der Waals surface area contributed by atoms with Crippen LogP contribution in [0.2, 0.25) is 0 Å². The number of aliphatic hydroxyl groups is 1. The predicted octanol–water partition coefficient (Wildman–Crippen LogP) is 3.24. The Morgan fingerprint density at radius 3 is 2.39 bits per heavy atom. The van der Waals surface area contributed by atoms with E-state index in [0.29, 0.717) is 6.04 Å². The number of hydrogen-bond donors (Lipinski definition) is 1. The zero-order valence-corrected chi connectivity index (χ0v) is 11.0. The monoisotopic (exact) mass is 245 g/mol. The van der Waals surface area contributed by atoms with Crippen LogP contribution in [0.25, 0.3) is 6.08 Å². The Morgan fingerprint density at radius 1 is 1.17 bits per heavy atom. The van der Waals surface area contributed by atoms with Crippen LogP contribution in [0.3, 0.4) is 0 Å². The molecule has 0 aliphatic carbocycles. The zero-order chi connectivity index (χ0) is 12.8. The minimum Gasteiger partial charge on any atom is -0.396 e. The van der Waals surface area contributed by atoms with Crippen LogP contribution in [0.5, 0.6) is 0 Å². The first-order chi connectivity index (χ1) is 8.85. The lowest BCUT2D eigenvalue weighted by Crippen LogP contribution is -2.34. The maximum Gasteiger partial charge on any atom is 0.0449 e. The molecule has 0 amide bonds. The van der Waals surface area contributed by atoms with Crippen molar-refractivity contribution in [2.75, 3.05) is 19.7 Å². The molecule has 2 rings (SSSR count). The average Bonchev–Trinajstić information content (AvgIpc) is 2.46. The summed E-state index contributed by atoms with van der Waals surface area (Å²) < 4.78 is 0. The summed E-state index contributed by atoms with van der Waals surface area (Å²) in [6.07, 6.45) is 6.61. The molecule has 18 heavy (non-hydrogen) atoms. The van der Waals surface area contributed by atoms with Crippen molar-refractivity contribution < 1.29 is 5.11 Å². The van der Waals surface area contributed by atoms with Gasteiger partial charge in [-0.25, -0.2) is 0 Å². The highest BCUT2D eigenvalue weighted by molar-refractivity contribution is 5.47. The van der Waals surface area contributed by atoms with Gasteiger partial charge in [0.15, 0.2) is 0 Å². The van der Waals surface area contributed by atoms with Crippen LogP contribution in [0, 0.1) is 0 Å². The molecule has 0 aromatic heterocycles. The lowest BCUT2D eigenvalue weighted by Gasteiger charge is -2.34. The average molecular weight is 245 g/mol. The fourth-order valence-corrected chi connectivity index (χ4v) is 2.77. The van der Waals surface area contributed by atoms with Crippen LogP contribution in [-0.2, 0) is 0 Å². The SMILES string of the molecule is C=Cc1ccc(C(CCO)N2CCCCC2)cc1. The Labute approximate surface area is 110 Å². The van der Waals surface area contributed by atoms with Gasteiger partial charge in [0.1, 0.15) is 0 Å². The summed E-state index contributed by atoms with van der Waals surface area (Å²) in [5.74, 6) is 0. The smallest absolute Gasteiger partial charge is 0.0449 e. The molecule has 1 aromatic carbocycles. The number of rotatable bonds is 5. The van der Waals surface area contributed by atoms with Gasteiger partial charge in [0.05, 0.1) is 0 Å². The van der Waals surface area contributed by atoms with Gasteiger partial charge >= 0.3 is 0 Å². The number of piperidine rings is 1. The first-order valence-electron chi connectivity index (χ1n) is 6.92. The van der Waals surface area contributed by atoms with Crippen molar-refractivity contribution in [2.45, 2.75) is 31.7 Å². The number of nitrogens with zero attached hydrogens (tertiary/aromatic N) is 1. The van der Waals surface area contributed by atoms with Crippen molar-refractivity contribution in [3.63, 3.8) is 0 Å². The second-order valence-electron chi connectivity index (χ2n) is 5.00. The molecular weight excluding hydrogens is 222 g/mol. The fraction of sp³-hybridized carbons (Fsp3) is 0.500. The van der Waals surface area contributed by atoms with Crippen LogP contribution < -0.4 is 0 Å². The minimum absolute atomic E-state index is 0.254. The van der Waals surface area contributed by atoms with Gasteiger partial charge in [-0.3, -0.25) is 4.90 Å². The number of benzene rings is 1. The Hall–Kier alpha value is -1.12. The van der Waals surface area contributed by atoms with Crippen molar-refractivity contribution in [2.24, 2.45) is 0 Å². The van der Waals surface area contributed by atoms with Crippen molar-refractivity contribution in [3.05, 3.63) is 42.0 Å². The third kappa shape index (κ3) is 3.21. The highest BCUT2D eigenvalue weighted by atomic mass is 16.3. The van der Waals surface area contributed by atoms with Crippen molar-refractivity contribution in [3.8, 4) is 0 Å². The molecule has 1 aliphatic heterocycles. The van der Waals surface area contributed by atoms with E-state index in [-0.39, 0.29) is 6.61 Å². The van der Waals surface area contributed by atoms with Gasteiger partial charge in [0, 0.05) is 12.6 Å². The summed E-state index contributed by atoms with van der Waals surface area (Å²) in [4.78, 5) is 2.52. The summed E-state index contributed by atoms with van der Waals surface area (Å²) in [6.45, 7) is 6.36. The van der Waals surface area contributed by atoms with Crippen LogP contribution in [0.1, 0.15) is 42.9 Å². The summed E-state index contributed by atoms with van der Waals surface area (Å²) in [5.41, 5.74) is 2.47. The Kier molecular flexibility index (Phi) is 4.97. The molecule has 1 aliphatic rings. The molecule has 2 nitrogen and oxygen atoms in total. The van der Waals surface area contributed by atoms with Crippen molar-refractivity contribution in [1.29, 1.82) is 0 Å². The molecule has 0 saturated carbocycles. The minimum atomic E-state index is 0.254.